The quantitative estimate of drug-likeness (QED) is 0.751. The second-order valence-corrected chi connectivity index (χ2v) is 6.41. The lowest BCUT2D eigenvalue weighted by Gasteiger charge is -2.08. The molecule has 0 radical (unpaired) electrons. The summed E-state index contributed by atoms with van der Waals surface area (Å²) in [5, 5.41) is 2.78. The molecule has 1 amide bonds. The molecule has 8 heteroatoms. The van der Waals surface area contributed by atoms with Crippen LogP contribution >= 0.6 is 11.6 Å². The Labute approximate surface area is 116 Å². The molecule has 2 rings (SSSR count). The van der Waals surface area contributed by atoms with Gasteiger partial charge in [-0.2, -0.15) is 0 Å². The number of carbonyl (C=O) groups excluding carboxylic acids is 1. The fraction of sp³-hybridized carbons (Fsp3) is 0.455. The second kappa shape index (κ2) is 5.85. The number of sulfonamides is 1. The Balaban J connectivity index is 1.84. The molecule has 6 nitrogen and oxygen atoms in total. The molecule has 1 heterocycles. The number of amides is 1. The number of hydrogen-bond donors (Lipinski definition) is 2. The van der Waals surface area contributed by atoms with Crippen LogP contribution in [0.4, 0.5) is 0 Å². The highest BCUT2D eigenvalue weighted by Gasteiger charge is 2.29. The molecule has 1 aliphatic rings. The van der Waals surface area contributed by atoms with E-state index in [1.54, 1.807) is 0 Å². The fourth-order valence-corrected chi connectivity index (χ4v) is 2.96. The Bertz CT molecular complexity index is 572. The summed E-state index contributed by atoms with van der Waals surface area (Å²) in [5.74, 6) is 0.1000. The van der Waals surface area contributed by atoms with E-state index in [9.17, 15) is 13.2 Å². The Kier molecular flexibility index (Phi) is 4.38. The lowest BCUT2D eigenvalue weighted by molar-refractivity contribution is -0.122. The molecule has 0 spiro atoms. The van der Waals surface area contributed by atoms with Gasteiger partial charge >= 0.3 is 0 Å². The predicted octanol–water partition coefficient (Wildman–Crippen LogP) is 0.539. The zero-order valence-electron chi connectivity index (χ0n) is 10.1. The SMILES string of the molecule is O=C(NCCNS(=O)(=O)c1cnccc1Cl)C1CC1. The molecule has 19 heavy (non-hydrogen) atoms. The van der Waals surface area contributed by atoms with Gasteiger partial charge in [-0.1, -0.05) is 11.6 Å². The van der Waals surface area contributed by atoms with Gasteiger partial charge in [0.15, 0.2) is 0 Å². The maximum Gasteiger partial charge on any atom is 0.243 e. The van der Waals surface area contributed by atoms with Gasteiger partial charge in [0.25, 0.3) is 0 Å². The summed E-state index contributed by atoms with van der Waals surface area (Å²) in [5.41, 5.74) is 0. The molecule has 1 aromatic heterocycles. The average molecular weight is 304 g/mol. The zero-order chi connectivity index (χ0) is 13.9. The molecular weight excluding hydrogens is 290 g/mol. The first-order valence-electron chi connectivity index (χ1n) is 5.87. The lowest BCUT2D eigenvalue weighted by Crippen LogP contribution is -2.35. The fourth-order valence-electron chi connectivity index (χ4n) is 1.50. The molecule has 1 fully saturated rings. The standard InChI is InChI=1S/C11H14ClN3O3S/c12-9-3-4-13-7-10(9)19(17,18)15-6-5-14-11(16)8-1-2-8/h3-4,7-8,15H,1-2,5-6H2,(H,14,16). The molecule has 2 N–H and O–H groups in total. The van der Waals surface area contributed by atoms with Crippen LogP contribution < -0.4 is 10.0 Å². The van der Waals surface area contributed by atoms with Crippen LogP contribution in [0.3, 0.4) is 0 Å². The largest absolute Gasteiger partial charge is 0.355 e. The molecule has 0 aromatic carbocycles. The molecule has 0 saturated heterocycles. The van der Waals surface area contributed by atoms with Crippen molar-refractivity contribution in [3.05, 3.63) is 23.5 Å². The highest BCUT2D eigenvalue weighted by atomic mass is 35.5. The Morgan fingerprint density at radius 2 is 2.16 bits per heavy atom. The average Bonchev–Trinajstić information content (AvgIpc) is 3.19. The van der Waals surface area contributed by atoms with Gasteiger partial charge in [0, 0.05) is 31.4 Å². The monoisotopic (exact) mass is 303 g/mol. The summed E-state index contributed by atoms with van der Waals surface area (Å²) in [4.78, 5) is 15.0. The number of hydrogen-bond acceptors (Lipinski definition) is 4. The van der Waals surface area contributed by atoms with Gasteiger partial charge < -0.3 is 5.32 Å². The molecule has 0 atom stereocenters. The summed E-state index contributed by atoms with van der Waals surface area (Å²) in [6.45, 7) is 0.373. The summed E-state index contributed by atoms with van der Waals surface area (Å²) in [6.07, 6.45) is 4.44. The van der Waals surface area contributed by atoms with Crippen molar-refractivity contribution in [2.75, 3.05) is 13.1 Å². The minimum atomic E-state index is -3.69. The van der Waals surface area contributed by atoms with E-state index in [4.69, 9.17) is 11.6 Å². The number of carbonyl (C=O) groups is 1. The maximum atomic E-state index is 11.9. The van der Waals surface area contributed by atoms with Crippen LogP contribution in [0, 0.1) is 5.92 Å². The first-order chi connectivity index (χ1) is 9.00. The molecule has 0 unspecified atom stereocenters. The van der Waals surface area contributed by atoms with Crippen molar-refractivity contribution in [3.63, 3.8) is 0 Å². The summed E-state index contributed by atoms with van der Waals surface area (Å²) < 4.78 is 26.2. The Morgan fingerprint density at radius 1 is 1.42 bits per heavy atom. The highest BCUT2D eigenvalue weighted by molar-refractivity contribution is 7.89. The van der Waals surface area contributed by atoms with Crippen LogP contribution in [0.25, 0.3) is 0 Å². The van der Waals surface area contributed by atoms with Crippen LogP contribution in [0.2, 0.25) is 5.02 Å². The van der Waals surface area contributed by atoms with Crippen molar-refractivity contribution < 1.29 is 13.2 Å². The molecule has 1 saturated carbocycles. The molecule has 1 aliphatic carbocycles. The number of rotatable bonds is 6. The maximum absolute atomic E-state index is 11.9. The highest BCUT2D eigenvalue weighted by Crippen LogP contribution is 2.28. The Hall–Kier alpha value is -1.18. The molecular formula is C11H14ClN3O3S. The van der Waals surface area contributed by atoms with E-state index in [1.165, 1.54) is 18.5 Å². The normalized spacial score (nSPS) is 15.2. The van der Waals surface area contributed by atoms with Gasteiger partial charge in [-0.05, 0) is 18.9 Å². The van der Waals surface area contributed by atoms with Crippen molar-refractivity contribution in [1.82, 2.24) is 15.0 Å². The summed E-state index contributed by atoms with van der Waals surface area (Å²) in [7, 11) is -3.69. The predicted molar refractivity (Wildman–Crippen MR) is 70.2 cm³/mol. The van der Waals surface area contributed by atoms with Gasteiger partial charge in [0.2, 0.25) is 15.9 Å². The number of nitrogens with zero attached hydrogens (tertiary/aromatic N) is 1. The third-order valence-corrected chi connectivity index (χ3v) is 4.62. The van der Waals surface area contributed by atoms with Crippen LogP contribution in [-0.4, -0.2) is 32.4 Å². The van der Waals surface area contributed by atoms with E-state index in [0.717, 1.165) is 12.8 Å². The molecule has 104 valence electrons. The Morgan fingerprint density at radius 3 is 2.79 bits per heavy atom. The van der Waals surface area contributed by atoms with Gasteiger partial charge in [-0.25, -0.2) is 13.1 Å². The van der Waals surface area contributed by atoms with Gasteiger partial charge in [0.05, 0.1) is 5.02 Å². The van der Waals surface area contributed by atoms with E-state index in [2.05, 4.69) is 15.0 Å². The number of pyridine rings is 1. The second-order valence-electron chi connectivity index (χ2n) is 4.27. The minimum Gasteiger partial charge on any atom is -0.355 e. The van der Waals surface area contributed by atoms with E-state index < -0.39 is 10.0 Å². The minimum absolute atomic E-state index is 0.0152. The van der Waals surface area contributed by atoms with E-state index in [1.807, 2.05) is 0 Å². The lowest BCUT2D eigenvalue weighted by atomic mass is 10.4. The molecule has 0 bridgehead atoms. The number of halogens is 1. The van der Waals surface area contributed by atoms with Crippen LogP contribution in [0.15, 0.2) is 23.4 Å². The van der Waals surface area contributed by atoms with Crippen molar-refractivity contribution in [2.45, 2.75) is 17.7 Å². The van der Waals surface area contributed by atoms with Gasteiger partial charge in [0.1, 0.15) is 4.90 Å². The molecule has 1 aromatic rings. The topological polar surface area (TPSA) is 88.2 Å². The summed E-state index contributed by atoms with van der Waals surface area (Å²) in [6, 6.07) is 1.41. The number of aromatic nitrogens is 1. The van der Waals surface area contributed by atoms with E-state index >= 15 is 0 Å². The van der Waals surface area contributed by atoms with Crippen molar-refractivity contribution in [2.24, 2.45) is 5.92 Å². The van der Waals surface area contributed by atoms with E-state index in [0.29, 0.717) is 0 Å². The van der Waals surface area contributed by atoms with Gasteiger partial charge in [-0.15, -0.1) is 0 Å². The summed E-state index contributed by atoms with van der Waals surface area (Å²) >= 11 is 5.79. The van der Waals surface area contributed by atoms with Crippen LogP contribution in [0.1, 0.15) is 12.8 Å². The third-order valence-electron chi connectivity index (χ3n) is 2.69. The smallest absolute Gasteiger partial charge is 0.243 e. The van der Waals surface area contributed by atoms with Crippen LogP contribution in [-0.2, 0) is 14.8 Å². The number of nitrogens with one attached hydrogen (secondary N) is 2. The third kappa shape index (κ3) is 3.89. The first-order valence-corrected chi connectivity index (χ1v) is 7.74. The van der Waals surface area contributed by atoms with Crippen molar-refractivity contribution >= 4 is 27.5 Å². The van der Waals surface area contributed by atoms with Gasteiger partial charge in [-0.3, -0.25) is 9.78 Å². The van der Waals surface area contributed by atoms with E-state index in [-0.39, 0.29) is 34.8 Å². The molecule has 0 aliphatic heterocycles. The van der Waals surface area contributed by atoms with Crippen LogP contribution in [0.5, 0.6) is 0 Å². The van der Waals surface area contributed by atoms with Crippen molar-refractivity contribution in [3.8, 4) is 0 Å². The zero-order valence-corrected chi connectivity index (χ0v) is 11.7. The van der Waals surface area contributed by atoms with Crippen molar-refractivity contribution in [1.29, 1.82) is 0 Å². The first kappa shape index (κ1) is 14.2.